The van der Waals surface area contributed by atoms with Gasteiger partial charge in [0, 0.05) is 5.70 Å². The lowest BCUT2D eigenvalue weighted by Gasteiger charge is -2.14. The molecule has 0 aliphatic carbocycles. The lowest BCUT2D eigenvalue weighted by molar-refractivity contribution is 1.05. The van der Waals surface area contributed by atoms with Crippen molar-refractivity contribution in [1.29, 1.82) is 0 Å². The van der Waals surface area contributed by atoms with Gasteiger partial charge in [0.25, 0.3) is 0 Å². The van der Waals surface area contributed by atoms with Crippen molar-refractivity contribution in [1.82, 2.24) is 5.32 Å². The van der Waals surface area contributed by atoms with Crippen LogP contribution in [0.1, 0.15) is 6.92 Å². The molecule has 0 bridgehead atoms. The second-order valence-electron chi connectivity index (χ2n) is 2.20. The maximum absolute atomic E-state index is 3.80. The third-order valence-corrected chi connectivity index (χ3v) is 2.20. The molecule has 0 aromatic carbocycles. The van der Waals surface area contributed by atoms with Crippen molar-refractivity contribution in [2.75, 3.05) is 6.26 Å². The van der Waals surface area contributed by atoms with Crippen LogP contribution in [0.3, 0.4) is 0 Å². The van der Waals surface area contributed by atoms with Crippen LogP contribution in [0.25, 0.3) is 0 Å². The predicted octanol–water partition coefficient (Wildman–Crippen LogP) is 2.25. The molecule has 0 amide bonds. The summed E-state index contributed by atoms with van der Waals surface area (Å²) in [6.45, 7) is 5.89. The van der Waals surface area contributed by atoms with Crippen molar-refractivity contribution >= 4 is 11.8 Å². The van der Waals surface area contributed by atoms with E-state index >= 15 is 0 Å². The van der Waals surface area contributed by atoms with Gasteiger partial charge in [0.1, 0.15) is 0 Å². The minimum absolute atomic E-state index is 0.968. The van der Waals surface area contributed by atoms with Crippen LogP contribution < -0.4 is 5.32 Å². The summed E-state index contributed by atoms with van der Waals surface area (Å²) in [5.74, 6) is 0. The van der Waals surface area contributed by atoms with E-state index in [0.29, 0.717) is 0 Å². The fraction of sp³-hybridized carbons (Fsp3) is 0.250. The van der Waals surface area contributed by atoms with Gasteiger partial charge in [-0.1, -0.05) is 12.7 Å². The van der Waals surface area contributed by atoms with Crippen LogP contribution >= 0.6 is 11.8 Å². The molecule has 1 aliphatic heterocycles. The van der Waals surface area contributed by atoms with Crippen molar-refractivity contribution in [3.63, 3.8) is 0 Å². The Labute approximate surface area is 65.9 Å². The monoisotopic (exact) mass is 153 g/mol. The molecule has 2 heteroatoms. The lowest BCUT2D eigenvalue weighted by Crippen LogP contribution is -2.12. The van der Waals surface area contributed by atoms with Gasteiger partial charge in [-0.3, -0.25) is 0 Å². The number of hydrogen-bond acceptors (Lipinski definition) is 2. The van der Waals surface area contributed by atoms with E-state index in [4.69, 9.17) is 0 Å². The van der Waals surface area contributed by atoms with Gasteiger partial charge in [-0.2, -0.15) is 0 Å². The van der Waals surface area contributed by atoms with Crippen molar-refractivity contribution < 1.29 is 0 Å². The molecule has 0 fully saturated rings. The Kier molecular flexibility index (Phi) is 2.22. The molecule has 0 spiro atoms. The summed E-state index contributed by atoms with van der Waals surface area (Å²) in [4.78, 5) is 0. The van der Waals surface area contributed by atoms with Crippen LogP contribution in [-0.2, 0) is 0 Å². The molecule has 1 N–H and O–H groups in total. The Hall–Kier alpha value is -0.630. The topological polar surface area (TPSA) is 12.0 Å². The van der Waals surface area contributed by atoms with Crippen molar-refractivity contribution in [2.45, 2.75) is 6.92 Å². The van der Waals surface area contributed by atoms with Gasteiger partial charge in [-0.05, 0) is 24.8 Å². The molecular weight excluding hydrogens is 142 g/mol. The van der Waals surface area contributed by atoms with E-state index in [2.05, 4.69) is 31.2 Å². The number of dihydropyridines is 1. The first-order valence-electron chi connectivity index (χ1n) is 3.13. The van der Waals surface area contributed by atoms with E-state index in [0.717, 1.165) is 5.70 Å². The maximum atomic E-state index is 3.80. The van der Waals surface area contributed by atoms with Gasteiger partial charge in [0.2, 0.25) is 0 Å². The highest BCUT2D eigenvalue weighted by Crippen LogP contribution is 2.19. The van der Waals surface area contributed by atoms with Gasteiger partial charge in [0.05, 0.1) is 5.03 Å². The molecule has 0 atom stereocenters. The van der Waals surface area contributed by atoms with E-state index in [-0.39, 0.29) is 0 Å². The molecule has 54 valence electrons. The molecule has 0 aromatic rings. The molecule has 0 saturated heterocycles. The number of rotatable bonds is 1. The highest BCUT2D eigenvalue weighted by molar-refractivity contribution is 8.02. The maximum Gasteiger partial charge on any atom is 0.0752 e. The second kappa shape index (κ2) is 2.97. The normalized spacial score (nSPS) is 17.6. The van der Waals surface area contributed by atoms with Crippen LogP contribution in [0.2, 0.25) is 0 Å². The smallest absolute Gasteiger partial charge is 0.0752 e. The molecule has 0 aromatic heterocycles. The van der Waals surface area contributed by atoms with E-state index < -0.39 is 0 Å². The Morgan fingerprint density at radius 2 is 2.20 bits per heavy atom. The van der Waals surface area contributed by atoms with Gasteiger partial charge >= 0.3 is 0 Å². The number of allylic oxidation sites excluding steroid dienone is 3. The summed E-state index contributed by atoms with van der Waals surface area (Å²) in [6.07, 6.45) is 6.11. The molecule has 0 unspecified atom stereocenters. The van der Waals surface area contributed by atoms with Crippen molar-refractivity contribution in [3.8, 4) is 0 Å². The zero-order chi connectivity index (χ0) is 7.56. The standard InChI is InChI=1S/C8H11NS/c1-6-4-5-7(2)9-8(6)10-3/h4-5,9H,2H2,1,3H3. The first-order valence-corrected chi connectivity index (χ1v) is 4.35. The fourth-order valence-corrected chi connectivity index (χ4v) is 1.42. The van der Waals surface area contributed by atoms with Crippen LogP contribution in [0.5, 0.6) is 0 Å². The largest absolute Gasteiger partial charge is 0.351 e. The molecule has 1 rings (SSSR count). The molecule has 1 nitrogen and oxygen atoms in total. The highest BCUT2D eigenvalue weighted by atomic mass is 32.2. The second-order valence-corrected chi connectivity index (χ2v) is 3.02. The Morgan fingerprint density at radius 3 is 2.70 bits per heavy atom. The quantitative estimate of drug-likeness (QED) is 0.620. The Balaban J connectivity index is 2.84. The SMILES string of the molecule is C=C1C=CC(C)=C(SC)N1. The van der Waals surface area contributed by atoms with Crippen molar-refractivity contribution in [3.05, 3.63) is 35.0 Å². The van der Waals surface area contributed by atoms with E-state index in [9.17, 15) is 0 Å². The minimum atomic E-state index is 0.968. The average Bonchev–Trinajstić information content (AvgIpc) is 1.94. The Bertz CT molecular complexity index is 213. The molecule has 10 heavy (non-hydrogen) atoms. The summed E-state index contributed by atoms with van der Waals surface area (Å²) in [7, 11) is 0. The van der Waals surface area contributed by atoms with E-state index in [1.165, 1.54) is 10.6 Å². The van der Waals surface area contributed by atoms with Gasteiger partial charge in [-0.15, -0.1) is 11.8 Å². The average molecular weight is 153 g/mol. The lowest BCUT2D eigenvalue weighted by atomic mass is 10.2. The summed E-state index contributed by atoms with van der Waals surface area (Å²) in [6, 6.07) is 0. The third-order valence-electron chi connectivity index (χ3n) is 1.37. The zero-order valence-corrected chi connectivity index (χ0v) is 7.09. The first kappa shape index (κ1) is 7.48. The molecule has 1 aliphatic rings. The van der Waals surface area contributed by atoms with Gasteiger partial charge in [-0.25, -0.2) is 0 Å². The zero-order valence-electron chi connectivity index (χ0n) is 6.27. The number of hydrogen-bond donors (Lipinski definition) is 1. The van der Waals surface area contributed by atoms with Gasteiger partial charge in [0.15, 0.2) is 0 Å². The van der Waals surface area contributed by atoms with E-state index in [1.807, 2.05) is 6.08 Å². The molecular formula is C8H11NS. The highest BCUT2D eigenvalue weighted by Gasteiger charge is 2.02. The van der Waals surface area contributed by atoms with Crippen LogP contribution in [0.4, 0.5) is 0 Å². The number of thioether (sulfide) groups is 1. The van der Waals surface area contributed by atoms with Crippen LogP contribution in [0, 0.1) is 0 Å². The Morgan fingerprint density at radius 1 is 1.50 bits per heavy atom. The first-order chi connectivity index (χ1) is 4.74. The van der Waals surface area contributed by atoms with Crippen LogP contribution in [-0.4, -0.2) is 6.26 Å². The van der Waals surface area contributed by atoms with E-state index in [1.54, 1.807) is 11.8 Å². The minimum Gasteiger partial charge on any atom is -0.351 e. The molecule has 1 heterocycles. The summed E-state index contributed by atoms with van der Waals surface area (Å²) < 4.78 is 0. The molecule has 0 saturated carbocycles. The fourth-order valence-electron chi connectivity index (χ4n) is 0.799. The predicted molar refractivity (Wildman–Crippen MR) is 47.6 cm³/mol. The molecule has 0 radical (unpaired) electrons. The van der Waals surface area contributed by atoms with Crippen molar-refractivity contribution in [2.24, 2.45) is 0 Å². The summed E-state index contributed by atoms with van der Waals surface area (Å²) in [5, 5.41) is 4.38. The third kappa shape index (κ3) is 1.45. The summed E-state index contributed by atoms with van der Waals surface area (Å²) >= 11 is 1.71. The van der Waals surface area contributed by atoms with Gasteiger partial charge < -0.3 is 5.32 Å². The van der Waals surface area contributed by atoms with Crippen LogP contribution in [0.15, 0.2) is 35.0 Å². The summed E-state index contributed by atoms with van der Waals surface area (Å²) in [5.41, 5.74) is 2.25. The number of nitrogens with one attached hydrogen (secondary N) is 1.